The summed E-state index contributed by atoms with van der Waals surface area (Å²) in [6, 6.07) is 6.38. The zero-order valence-electron chi connectivity index (χ0n) is 18.4. The van der Waals surface area contributed by atoms with E-state index in [2.05, 4.69) is 6.58 Å². The average Bonchev–Trinajstić information content (AvgIpc) is 2.63. The monoisotopic (exact) mass is 422 g/mol. The first-order chi connectivity index (χ1) is 13.8. The molecule has 0 bridgehead atoms. The Morgan fingerprint density at radius 3 is 2.17 bits per heavy atom. The zero-order valence-corrected chi connectivity index (χ0v) is 18.4. The van der Waals surface area contributed by atoms with Crippen LogP contribution in [-0.2, 0) is 19.1 Å². The quantitative estimate of drug-likeness (QED) is 0.180. The van der Waals surface area contributed by atoms with E-state index in [0.717, 1.165) is 0 Å². The van der Waals surface area contributed by atoms with Crippen molar-refractivity contribution in [1.29, 1.82) is 0 Å². The Morgan fingerprint density at radius 2 is 1.63 bits per heavy atom. The van der Waals surface area contributed by atoms with Crippen LogP contribution in [0.5, 0.6) is 5.75 Å². The molecule has 1 aromatic rings. The van der Waals surface area contributed by atoms with Gasteiger partial charge in [0, 0.05) is 11.1 Å². The fourth-order valence-corrected chi connectivity index (χ4v) is 2.35. The average molecular weight is 422 g/mol. The molecule has 0 aliphatic rings. The van der Waals surface area contributed by atoms with Gasteiger partial charge in [0.15, 0.2) is 12.3 Å². The molecule has 0 fully saturated rings. The second kappa shape index (κ2) is 10.9. The Hall–Kier alpha value is -2.71. The van der Waals surface area contributed by atoms with E-state index >= 15 is 0 Å². The summed E-state index contributed by atoms with van der Waals surface area (Å²) in [4.78, 5) is 35.4. The third-order valence-corrected chi connectivity index (χ3v) is 4.12. The van der Waals surface area contributed by atoms with E-state index in [9.17, 15) is 19.5 Å². The second-order valence-corrected chi connectivity index (χ2v) is 8.22. The number of hydrogen-bond acceptors (Lipinski definition) is 7. The molecule has 1 aromatic carbocycles. The smallest absolute Gasteiger partial charge is 0.361 e. The van der Waals surface area contributed by atoms with Crippen LogP contribution in [0.25, 0.3) is 0 Å². The SMILES string of the molecule is C=C(C)C(=O)OCC[N+](C)(C)CC(=O)OCCOc1ccc(C(=O)C(C)(C)O)cc1. The van der Waals surface area contributed by atoms with E-state index in [-0.39, 0.29) is 38.1 Å². The number of benzene rings is 1. The predicted molar refractivity (Wildman–Crippen MR) is 111 cm³/mol. The van der Waals surface area contributed by atoms with Crippen LogP contribution in [0.4, 0.5) is 0 Å². The van der Waals surface area contributed by atoms with Crippen molar-refractivity contribution in [2.24, 2.45) is 0 Å². The summed E-state index contributed by atoms with van der Waals surface area (Å²) in [7, 11) is 3.67. The number of hydrogen-bond donors (Lipinski definition) is 1. The van der Waals surface area contributed by atoms with Crippen molar-refractivity contribution in [2.75, 3.05) is 47.0 Å². The lowest BCUT2D eigenvalue weighted by Crippen LogP contribution is -2.46. The molecule has 0 aliphatic heterocycles. The summed E-state index contributed by atoms with van der Waals surface area (Å²) < 4.78 is 16.0. The van der Waals surface area contributed by atoms with E-state index in [1.807, 2.05) is 14.1 Å². The lowest BCUT2D eigenvalue weighted by Gasteiger charge is -2.28. The van der Waals surface area contributed by atoms with Crippen molar-refractivity contribution < 1.29 is 38.2 Å². The molecule has 0 aromatic heterocycles. The second-order valence-electron chi connectivity index (χ2n) is 8.22. The molecule has 0 aliphatic carbocycles. The molecule has 30 heavy (non-hydrogen) atoms. The van der Waals surface area contributed by atoms with Gasteiger partial charge in [0.1, 0.15) is 37.7 Å². The number of rotatable bonds is 12. The Morgan fingerprint density at radius 1 is 1.03 bits per heavy atom. The molecule has 8 nitrogen and oxygen atoms in total. The summed E-state index contributed by atoms with van der Waals surface area (Å²) in [6.45, 7) is 8.96. The molecule has 0 unspecified atom stereocenters. The van der Waals surface area contributed by atoms with Crippen molar-refractivity contribution in [3.05, 3.63) is 42.0 Å². The number of ether oxygens (including phenoxy) is 3. The first-order valence-electron chi connectivity index (χ1n) is 9.62. The Balaban J connectivity index is 2.33. The number of ketones is 1. The summed E-state index contributed by atoms with van der Waals surface area (Å²) in [5, 5.41) is 9.75. The number of esters is 2. The third kappa shape index (κ3) is 9.19. The summed E-state index contributed by atoms with van der Waals surface area (Å²) in [5.41, 5.74) is -0.719. The van der Waals surface area contributed by atoms with Gasteiger partial charge < -0.3 is 23.8 Å². The first kappa shape index (κ1) is 25.3. The van der Waals surface area contributed by atoms with Crippen molar-refractivity contribution >= 4 is 17.7 Å². The summed E-state index contributed by atoms with van der Waals surface area (Å²) in [6.07, 6.45) is 0. The number of quaternary nitrogens is 1. The maximum atomic E-state index is 12.0. The number of carbonyl (C=O) groups excluding carboxylic acids is 3. The lowest BCUT2D eigenvalue weighted by atomic mass is 9.97. The summed E-state index contributed by atoms with van der Waals surface area (Å²) in [5.74, 6) is -0.694. The van der Waals surface area contributed by atoms with Crippen molar-refractivity contribution in [2.45, 2.75) is 26.4 Å². The standard InChI is InChI=1S/C22H32NO7/c1-16(2)21(26)30-12-11-23(5,6)15-19(24)29-14-13-28-18-9-7-17(8-10-18)20(25)22(3,4)27/h7-10,27H,1,11-15H2,2-6H3/q+1. The van der Waals surface area contributed by atoms with Crippen molar-refractivity contribution in [3.8, 4) is 5.75 Å². The first-order valence-corrected chi connectivity index (χ1v) is 9.62. The fraction of sp³-hybridized carbons (Fsp3) is 0.500. The largest absolute Gasteiger partial charge is 0.490 e. The van der Waals surface area contributed by atoms with Gasteiger partial charge in [-0.2, -0.15) is 0 Å². The summed E-state index contributed by atoms with van der Waals surface area (Å²) >= 11 is 0. The normalized spacial score (nSPS) is 11.5. The number of aliphatic hydroxyl groups is 1. The van der Waals surface area contributed by atoms with Crippen LogP contribution in [0.2, 0.25) is 0 Å². The third-order valence-electron chi connectivity index (χ3n) is 4.12. The van der Waals surface area contributed by atoms with Gasteiger partial charge in [0.05, 0.1) is 14.1 Å². The van der Waals surface area contributed by atoms with Gasteiger partial charge in [-0.3, -0.25) is 4.79 Å². The Kier molecular flexibility index (Phi) is 9.20. The minimum absolute atomic E-state index is 0.0772. The van der Waals surface area contributed by atoms with Crippen LogP contribution in [0.3, 0.4) is 0 Å². The number of likely N-dealkylation sites (N-methyl/N-ethyl adjacent to an activating group) is 1. The van der Waals surface area contributed by atoms with Crippen molar-refractivity contribution in [3.63, 3.8) is 0 Å². The molecular weight excluding hydrogens is 390 g/mol. The number of Topliss-reactive ketones (excluding diaryl/α,β-unsaturated/α-hetero) is 1. The lowest BCUT2D eigenvalue weighted by molar-refractivity contribution is -0.883. The highest BCUT2D eigenvalue weighted by Gasteiger charge is 2.25. The van der Waals surface area contributed by atoms with Crippen molar-refractivity contribution in [1.82, 2.24) is 0 Å². The minimum Gasteiger partial charge on any atom is -0.490 e. The van der Waals surface area contributed by atoms with Gasteiger partial charge in [-0.05, 0) is 45.0 Å². The van der Waals surface area contributed by atoms with E-state index in [4.69, 9.17) is 14.2 Å². The molecule has 0 saturated heterocycles. The highest BCUT2D eigenvalue weighted by atomic mass is 16.6. The minimum atomic E-state index is -1.44. The van der Waals surface area contributed by atoms with E-state index in [1.165, 1.54) is 13.8 Å². The molecule has 0 atom stereocenters. The maximum Gasteiger partial charge on any atom is 0.361 e. The Bertz CT molecular complexity index is 761. The van der Waals surface area contributed by atoms with E-state index < -0.39 is 11.6 Å². The van der Waals surface area contributed by atoms with E-state index in [0.29, 0.717) is 27.9 Å². The molecule has 1 rings (SSSR count). The van der Waals surface area contributed by atoms with Crippen LogP contribution < -0.4 is 4.74 Å². The van der Waals surface area contributed by atoms with Crippen LogP contribution in [0.15, 0.2) is 36.4 Å². The molecule has 0 amide bonds. The number of nitrogens with zero attached hydrogens (tertiary/aromatic N) is 1. The van der Waals surface area contributed by atoms with Crippen LogP contribution >= 0.6 is 0 Å². The van der Waals surface area contributed by atoms with Crippen LogP contribution in [0.1, 0.15) is 31.1 Å². The number of carbonyl (C=O) groups is 3. The van der Waals surface area contributed by atoms with Gasteiger partial charge in [0.25, 0.3) is 0 Å². The fourth-order valence-electron chi connectivity index (χ4n) is 2.35. The van der Waals surface area contributed by atoms with Gasteiger partial charge >= 0.3 is 11.9 Å². The Labute approximate surface area is 177 Å². The predicted octanol–water partition coefficient (Wildman–Crippen LogP) is 1.76. The van der Waals surface area contributed by atoms with Crippen LogP contribution in [0, 0.1) is 0 Å². The van der Waals surface area contributed by atoms with Gasteiger partial charge in [-0.25, -0.2) is 9.59 Å². The van der Waals surface area contributed by atoms with E-state index in [1.54, 1.807) is 31.2 Å². The van der Waals surface area contributed by atoms with Gasteiger partial charge in [-0.15, -0.1) is 0 Å². The molecule has 166 valence electrons. The molecule has 0 radical (unpaired) electrons. The highest BCUT2D eigenvalue weighted by Crippen LogP contribution is 2.17. The molecular formula is C22H32NO7+. The van der Waals surface area contributed by atoms with Gasteiger partial charge in [0.2, 0.25) is 0 Å². The molecule has 1 N–H and O–H groups in total. The molecule has 8 heteroatoms. The van der Waals surface area contributed by atoms with Crippen LogP contribution in [-0.4, -0.2) is 79.9 Å². The molecule has 0 spiro atoms. The topological polar surface area (TPSA) is 99.1 Å². The highest BCUT2D eigenvalue weighted by molar-refractivity contribution is 6.01. The maximum absolute atomic E-state index is 12.0. The zero-order chi connectivity index (χ0) is 22.9. The molecule has 0 saturated carbocycles. The van der Waals surface area contributed by atoms with Gasteiger partial charge in [-0.1, -0.05) is 6.58 Å². The molecule has 0 heterocycles.